The van der Waals surface area contributed by atoms with Gasteiger partial charge in [-0.3, -0.25) is 4.79 Å². The van der Waals surface area contributed by atoms with Gasteiger partial charge in [0, 0.05) is 30.2 Å². The van der Waals surface area contributed by atoms with Gasteiger partial charge in [0.25, 0.3) is 0 Å². The van der Waals surface area contributed by atoms with Crippen molar-refractivity contribution in [1.82, 2.24) is 0 Å². The summed E-state index contributed by atoms with van der Waals surface area (Å²) in [5.74, 6) is -1.43. The van der Waals surface area contributed by atoms with Gasteiger partial charge in [0.1, 0.15) is 76.7 Å². The Kier molecular flexibility index (Phi) is 8.94. The first-order valence-corrected chi connectivity index (χ1v) is 13.6. The molecule has 1 aliphatic carbocycles. The molecule has 0 spiro atoms. The third-order valence-electron chi connectivity index (χ3n) is 8.18. The molecule has 1 aromatic heterocycles. The van der Waals surface area contributed by atoms with Crippen molar-refractivity contribution in [2.45, 2.75) is 61.4 Å². The number of aliphatic hydroxyl groups excluding tert-OH is 7. The number of phenols is 2. The van der Waals surface area contributed by atoms with Crippen LogP contribution in [0.2, 0.25) is 0 Å². The van der Waals surface area contributed by atoms with E-state index < -0.39 is 85.2 Å². The fourth-order valence-electron chi connectivity index (χ4n) is 5.80. The maximum absolute atomic E-state index is 13.2. The molecule has 2 heterocycles. The number of phenolic OH excluding ortho intramolecular Hbond substituents is 2. The molecule has 0 bridgehead atoms. The maximum atomic E-state index is 13.2. The molecule has 10 atom stereocenters. The average molecular weight is 607 g/mol. The number of hydrogen-bond donors (Lipinski definition) is 9. The van der Waals surface area contributed by atoms with Crippen LogP contribution in [-0.2, 0) is 9.47 Å². The van der Waals surface area contributed by atoms with E-state index in [4.69, 9.17) is 18.6 Å². The molecule has 14 nitrogen and oxygen atoms in total. The van der Waals surface area contributed by atoms with Gasteiger partial charge in [-0.05, 0) is 30.7 Å². The van der Waals surface area contributed by atoms with Crippen LogP contribution in [-0.4, -0.2) is 115 Å². The topological polar surface area (TPSA) is 240 Å². The van der Waals surface area contributed by atoms with Crippen LogP contribution in [0.3, 0.4) is 0 Å². The quantitative estimate of drug-likeness (QED) is 0.155. The Bertz CT molecular complexity index is 1490. The number of ether oxygens (including phenoxy) is 3. The molecular formula is C29H34O14. The predicted molar refractivity (Wildman–Crippen MR) is 146 cm³/mol. The largest absolute Gasteiger partial charge is 0.508 e. The van der Waals surface area contributed by atoms with Crippen LogP contribution in [0.1, 0.15) is 18.1 Å². The average Bonchev–Trinajstić information content (AvgIpc) is 2.99. The number of rotatable bonds is 7. The smallest absolute Gasteiger partial charge is 0.197 e. The zero-order valence-corrected chi connectivity index (χ0v) is 22.9. The highest BCUT2D eigenvalue weighted by molar-refractivity contribution is 5.88. The van der Waals surface area contributed by atoms with E-state index in [0.29, 0.717) is 5.56 Å². The molecule has 1 saturated heterocycles. The van der Waals surface area contributed by atoms with E-state index in [1.165, 1.54) is 37.4 Å². The molecule has 0 amide bonds. The van der Waals surface area contributed by atoms with Crippen molar-refractivity contribution >= 4 is 11.0 Å². The molecule has 2 aromatic carbocycles. The zero-order valence-electron chi connectivity index (χ0n) is 22.9. The maximum Gasteiger partial charge on any atom is 0.197 e. The predicted octanol–water partition coefficient (Wildman–Crippen LogP) is -1.12. The number of aromatic hydroxyl groups is 2. The van der Waals surface area contributed by atoms with Gasteiger partial charge >= 0.3 is 0 Å². The molecule has 3 aromatic rings. The lowest BCUT2D eigenvalue weighted by atomic mass is 9.80. The van der Waals surface area contributed by atoms with Gasteiger partial charge in [-0.25, -0.2) is 0 Å². The fourth-order valence-corrected chi connectivity index (χ4v) is 5.80. The first kappa shape index (κ1) is 31.1. The number of methoxy groups -OCH3 is 1. The summed E-state index contributed by atoms with van der Waals surface area (Å²) in [4.78, 5) is 13.2. The second-order valence-corrected chi connectivity index (χ2v) is 10.8. The summed E-state index contributed by atoms with van der Waals surface area (Å²) in [6, 6.07) is 8.32. The van der Waals surface area contributed by atoms with Crippen molar-refractivity contribution in [3.8, 4) is 28.6 Å². The lowest BCUT2D eigenvalue weighted by Gasteiger charge is -2.46. The fraction of sp³-hybridized carbons (Fsp3) is 0.483. The van der Waals surface area contributed by atoms with Crippen LogP contribution in [0.4, 0.5) is 0 Å². The molecule has 1 aliphatic heterocycles. The van der Waals surface area contributed by atoms with E-state index in [2.05, 4.69) is 0 Å². The Balaban J connectivity index is 1.49. The number of hydrogen-bond acceptors (Lipinski definition) is 14. The minimum Gasteiger partial charge on any atom is -0.508 e. The Morgan fingerprint density at radius 2 is 1.58 bits per heavy atom. The molecule has 234 valence electrons. The van der Waals surface area contributed by atoms with Crippen molar-refractivity contribution in [1.29, 1.82) is 0 Å². The third kappa shape index (κ3) is 5.57. The molecule has 0 unspecified atom stereocenters. The van der Waals surface area contributed by atoms with Crippen LogP contribution < -0.4 is 10.2 Å². The number of fused-ring (bicyclic) bond motifs is 1. The monoisotopic (exact) mass is 606 g/mol. The zero-order chi connectivity index (χ0) is 31.2. The molecule has 14 heteroatoms. The van der Waals surface area contributed by atoms with Crippen molar-refractivity contribution in [2.75, 3.05) is 20.3 Å². The molecule has 43 heavy (non-hydrogen) atoms. The standard InChI is InChI=1S/C29H34O14/c1-40-16-8-17-20(14(33)7-15(41-17)11-2-4-13(32)5-3-11)24(36)21(16)29-27(39)26(38)28(19(10-31)43-29)42-18-6-12(9-30)22(34)25(37)23(18)35/h2-5,7-8,12,18-19,22-23,25-32,34-39H,6,9-10H2,1H3/t12-,18-,19-,22-,23+,25+,26+,27-,28+,29+/m1/s1. The number of aliphatic hydroxyl groups is 7. The molecule has 1 saturated carbocycles. The van der Waals surface area contributed by atoms with E-state index in [1.807, 2.05) is 0 Å². The Labute approximate surface area is 244 Å². The minimum atomic E-state index is -1.82. The lowest BCUT2D eigenvalue weighted by molar-refractivity contribution is -0.274. The minimum absolute atomic E-state index is 0.0126. The summed E-state index contributed by atoms with van der Waals surface area (Å²) in [7, 11) is 1.26. The molecule has 0 radical (unpaired) electrons. The highest BCUT2D eigenvalue weighted by atomic mass is 16.6. The van der Waals surface area contributed by atoms with E-state index in [0.717, 1.165) is 6.07 Å². The van der Waals surface area contributed by atoms with Gasteiger partial charge in [0.15, 0.2) is 5.43 Å². The van der Waals surface area contributed by atoms with Crippen molar-refractivity contribution < 1.29 is 64.6 Å². The van der Waals surface area contributed by atoms with Crippen LogP contribution in [0.15, 0.2) is 45.6 Å². The SMILES string of the molecule is COc1cc2oc(-c3ccc(O)cc3)cc(=O)c2c(O)c1[C@@H]1O[C@H](CO)[C@H](O[C@@H]2C[C@H](CO)[C@@H](O)[C@H](O)[C@H]2O)[C@@H](O)[C@H]1O. The summed E-state index contributed by atoms with van der Waals surface area (Å²) >= 11 is 0. The first-order chi connectivity index (χ1) is 20.5. The Hall–Kier alpha value is -3.31. The molecular weight excluding hydrogens is 572 g/mol. The normalized spacial score (nSPS) is 33.0. The van der Waals surface area contributed by atoms with Gasteiger partial charge < -0.3 is 64.6 Å². The first-order valence-electron chi connectivity index (χ1n) is 13.6. The number of benzene rings is 2. The second kappa shape index (κ2) is 12.4. The Morgan fingerprint density at radius 3 is 2.21 bits per heavy atom. The van der Waals surface area contributed by atoms with Gasteiger partial charge in [0.05, 0.1) is 31.5 Å². The van der Waals surface area contributed by atoms with Crippen molar-refractivity contribution in [3.05, 3.63) is 52.2 Å². The van der Waals surface area contributed by atoms with Crippen molar-refractivity contribution in [3.63, 3.8) is 0 Å². The van der Waals surface area contributed by atoms with Gasteiger partial charge in [-0.2, -0.15) is 0 Å². The van der Waals surface area contributed by atoms with Crippen LogP contribution >= 0.6 is 0 Å². The van der Waals surface area contributed by atoms with Gasteiger partial charge in [0.2, 0.25) is 0 Å². The summed E-state index contributed by atoms with van der Waals surface area (Å²) in [6.07, 6.45) is -14.0. The Morgan fingerprint density at radius 1 is 0.884 bits per heavy atom. The summed E-state index contributed by atoms with van der Waals surface area (Å²) in [5.41, 5.74) is -0.452. The van der Waals surface area contributed by atoms with Crippen LogP contribution in [0, 0.1) is 5.92 Å². The summed E-state index contributed by atoms with van der Waals surface area (Å²) < 4.78 is 23.0. The third-order valence-corrected chi connectivity index (χ3v) is 8.18. The van der Waals surface area contributed by atoms with Gasteiger partial charge in [-0.1, -0.05) is 0 Å². The molecule has 5 rings (SSSR count). The highest BCUT2D eigenvalue weighted by Gasteiger charge is 2.51. The van der Waals surface area contributed by atoms with Crippen molar-refractivity contribution in [2.24, 2.45) is 5.92 Å². The summed E-state index contributed by atoms with van der Waals surface area (Å²) in [6.45, 7) is -1.27. The van der Waals surface area contributed by atoms with Crippen LogP contribution in [0.25, 0.3) is 22.3 Å². The van der Waals surface area contributed by atoms with Crippen LogP contribution in [0.5, 0.6) is 17.2 Å². The second-order valence-electron chi connectivity index (χ2n) is 10.8. The molecule has 2 fully saturated rings. The summed E-state index contributed by atoms with van der Waals surface area (Å²) in [5, 5.41) is 93.3. The van der Waals surface area contributed by atoms with E-state index in [-0.39, 0.29) is 40.2 Å². The highest BCUT2D eigenvalue weighted by Crippen LogP contribution is 2.46. The lowest BCUT2D eigenvalue weighted by Crippen LogP contribution is -2.61. The van der Waals surface area contributed by atoms with E-state index in [1.54, 1.807) is 0 Å². The van der Waals surface area contributed by atoms with E-state index in [9.17, 15) is 50.8 Å². The molecule has 2 aliphatic rings. The van der Waals surface area contributed by atoms with Gasteiger partial charge in [-0.15, -0.1) is 0 Å². The molecule has 9 N–H and O–H groups in total. The van der Waals surface area contributed by atoms with E-state index >= 15 is 0 Å².